The van der Waals surface area contributed by atoms with Crippen molar-refractivity contribution in [1.82, 2.24) is 10.2 Å². The molecule has 1 heterocycles. The fourth-order valence-corrected chi connectivity index (χ4v) is 2.86. The van der Waals surface area contributed by atoms with Gasteiger partial charge in [-0.25, -0.2) is 0 Å². The van der Waals surface area contributed by atoms with Crippen LogP contribution in [0.1, 0.15) is 13.8 Å². The molecule has 0 aromatic rings. The van der Waals surface area contributed by atoms with Crippen molar-refractivity contribution in [2.75, 3.05) is 31.9 Å². The highest BCUT2D eigenvalue weighted by molar-refractivity contribution is 8.00. The topological polar surface area (TPSA) is 69.6 Å². The Balaban J connectivity index is 0.00000256. The summed E-state index contributed by atoms with van der Waals surface area (Å²) in [4.78, 5) is 23.7. The first kappa shape index (κ1) is 16.5. The number of rotatable bonds is 4. The number of amides is 1. The summed E-state index contributed by atoms with van der Waals surface area (Å²) < 4.78 is 0.172. The lowest BCUT2D eigenvalue weighted by Gasteiger charge is -2.37. The van der Waals surface area contributed by atoms with Gasteiger partial charge in [-0.1, -0.05) is 0 Å². The van der Waals surface area contributed by atoms with Gasteiger partial charge in [0.05, 0.1) is 6.54 Å². The highest BCUT2D eigenvalue weighted by atomic mass is 35.5. The van der Waals surface area contributed by atoms with Crippen molar-refractivity contribution in [3.63, 3.8) is 0 Å². The van der Waals surface area contributed by atoms with E-state index < -0.39 is 5.97 Å². The Kier molecular flexibility index (Phi) is 6.89. The van der Waals surface area contributed by atoms with Crippen molar-refractivity contribution in [3.05, 3.63) is 0 Å². The molecular formula is C10H19ClN2O3S. The molecule has 0 unspecified atom stereocenters. The second-order valence-corrected chi connectivity index (χ2v) is 6.29. The second kappa shape index (κ2) is 7.08. The summed E-state index contributed by atoms with van der Waals surface area (Å²) in [5, 5.41) is 10.8. The largest absolute Gasteiger partial charge is 0.480 e. The summed E-state index contributed by atoms with van der Waals surface area (Å²) in [5.74, 6) is -0.216. The van der Waals surface area contributed by atoms with Gasteiger partial charge in [0.25, 0.3) is 0 Å². The van der Waals surface area contributed by atoms with Crippen LogP contribution >= 0.6 is 24.2 Å². The highest BCUT2D eigenvalue weighted by Crippen LogP contribution is 2.29. The van der Waals surface area contributed by atoms with Crippen molar-refractivity contribution in [1.29, 1.82) is 0 Å². The number of nitrogens with zero attached hydrogens (tertiary/aromatic N) is 1. The lowest BCUT2D eigenvalue weighted by Crippen LogP contribution is -2.47. The summed E-state index contributed by atoms with van der Waals surface area (Å²) in [6.45, 7) is 6.03. The van der Waals surface area contributed by atoms with E-state index in [0.717, 1.165) is 18.8 Å². The number of carbonyl (C=O) groups excluding carboxylic acids is 1. The molecule has 0 bridgehead atoms. The maximum Gasteiger partial charge on any atom is 0.322 e. The maximum atomic E-state index is 11.4. The normalized spacial score (nSPS) is 19.2. The molecule has 0 radical (unpaired) electrons. The minimum Gasteiger partial charge on any atom is -0.480 e. The number of thioether (sulfide) groups is 1. The van der Waals surface area contributed by atoms with E-state index in [0.29, 0.717) is 0 Å². The quantitative estimate of drug-likeness (QED) is 0.783. The molecular weight excluding hydrogens is 264 g/mol. The molecule has 0 aromatic carbocycles. The molecule has 5 nitrogen and oxygen atoms in total. The molecule has 0 aliphatic carbocycles. The number of hydrogen-bond donors (Lipinski definition) is 2. The van der Waals surface area contributed by atoms with Crippen molar-refractivity contribution >= 4 is 36.0 Å². The molecule has 1 amide bonds. The number of aliphatic carboxylic acids is 1. The monoisotopic (exact) mass is 282 g/mol. The first-order valence-electron chi connectivity index (χ1n) is 5.24. The van der Waals surface area contributed by atoms with E-state index in [-0.39, 0.29) is 36.2 Å². The van der Waals surface area contributed by atoms with Crippen LogP contribution in [0.4, 0.5) is 0 Å². The van der Waals surface area contributed by atoms with Crippen LogP contribution in [0.2, 0.25) is 0 Å². The van der Waals surface area contributed by atoms with Gasteiger partial charge in [-0.2, -0.15) is 11.8 Å². The van der Waals surface area contributed by atoms with Gasteiger partial charge in [0.15, 0.2) is 0 Å². The number of halogens is 1. The van der Waals surface area contributed by atoms with Gasteiger partial charge in [-0.3, -0.25) is 14.5 Å². The van der Waals surface area contributed by atoms with E-state index in [1.54, 1.807) is 0 Å². The van der Waals surface area contributed by atoms with Gasteiger partial charge < -0.3 is 10.4 Å². The third kappa shape index (κ3) is 6.75. The van der Waals surface area contributed by atoms with Crippen LogP contribution in [0.5, 0.6) is 0 Å². The lowest BCUT2D eigenvalue weighted by atomic mass is 10.2. The van der Waals surface area contributed by atoms with Crippen molar-refractivity contribution in [3.8, 4) is 0 Å². The molecule has 0 spiro atoms. The average molecular weight is 283 g/mol. The standard InChI is InChI=1S/C10H18N2O3S.ClH/c1-10(2)7-12(3-4-16-10)6-8(13)11-5-9(14)15;/h3-7H2,1-2H3,(H,11,13)(H,14,15);1H. The van der Waals surface area contributed by atoms with Crippen LogP contribution in [0, 0.1) is 0 Å². The van der Waals surface area contributed by atoms with Crippen molar-refractivity contribution in [2.45, 2.75) is 18.6 Å². The summed E-state index contributed by atoms with van der Waals surface area (Å²) in [5.41, 5.74) is 0. The SMILES string of the molecule is CC1(C)CN(CC(=O)NCC(=O)O)CCS1.Cl. The minimum atomic E-state index is -1.01. The zero-order valence-corrected chi connectivity index (χ0v) is 11.7. The van der Waals surface area contributed by atoms with Crippen LogP contribution in [0.25, 0.3) is 0 Å². The van der Waals surface area contributed by atoms with Crippen LogP contribution in [0.3, 0.4) is 0 Å². The van der Waals surface area contributed by atoms with Gasteiger partial charge >= 0.3 is 5.97 Å². The van der Waals surface area contributed by atoms with Gasteiger partial charge in [-0.15, -0.1) is 12.4 Å². The first-order chi connectivity index (χ1) is 7.39. The van der Waals surface area contributed by atoms with Crippen LogP contribution in [-0.2, 0) is 9.59 Å². The number of carboxylic acids is 1. The van der Waals surface area contributed by atoms with Crippen LogP contribution in [-0.4, -0.2) is 58.6 Å². The zero-order chi connectivity index (χ0) is 12.2. The number of nitrogens with one attached hydrogen (secondary N) is 1. The van der Waals surface area contributed by atoms with Crippen LogP contribution in [0.15, 0.2) is 0 Å². The molecule has 2 N–H and O–H groups in total. The predicted octanol–water partition coefficient (Wildman–Crippen LogP) is 0.436. The Labute approximate surface area is 112 Å². The molecule has 0 atom stereocenters. The molecule has 1 fully saturated rings. The van der Waals surface area contributed by atoms with E-state index in [2.05, 4.69) is 24.1 Å². The highest BCUT2D eigenvalue weighted by Gasteiger charge is 2.27. The maximum absolute atomic E-state index is 11.4. The van der Waals surface area contributed by atoms with Gasteiger partial charge in [0.1, 0.15) is 6.54 Å². The summed E-state index contributed by atoms with van der Waals surface area (Å²) >= 11 is 1.90. The van der Waals surface area contributed by atoms with Gasteiger partial charge in [0.2, 0.25) is 5.91 Å². The lowest BCUT2D eigenvalue weighted by molar-refractivity contribution is -0.138. The summed E-state index contributed by atoms with van der Waals surface area (Å²) in [7, 11) is 0. The molecule has 17 heavy (non-hydrogen) atoms. The van der Waals surface area contributed by atoms with E-state index >= 15 is 0 Å². The predicted molar refractivity (Wildman–Crippen MR) is 70.9 cm³/mol. The fourth-order valence-electron chi connectivity index (χ4n) is 1.68. The van der Waals surface area contributed by atoms with Crippen LogP contribution < -0.4 is 5.32 Å². The smallest absolute Gasteiger partial charge is 0.322 e. The third-order valence-electron chi connectivity index (χ3n) is 2.31. The Morgan fingerprint density at radius 1 is 1.47 bits per heavy atom. The average Bonchev–Trinajstić information content (AvgIpc) is 2.13. The molecule has 0 aromatic heterocycles. The molecule has 1 aliphatic heterocycles. The first-order valence-corrected chi connectivity index (χ1v) is 6.22. The number of hydrogen-bond acceptors (Lipinski definition) is 4. The molecule has 1 saturated heterocycles. The minimum absolute atomic E-state index is 0. The summed E-state index contributed by atoms with van der Waals surface area (Å²) in [6.07, 6.45) is 0. The zero-order valence-electron chi connectivity index (χ0n) is 10.1. The Morgan fingerprint density at radius 3 is 2.65 bits per heavy atom. The summed E-state index contributed by atoms with van der Waals surface area (Å²) in [6, 6.07) is 0. The molecule has 1 aliphatic rings. The van der Waals surface area contributed by atoms with E-state index in [9.17, 15) is 9.59 Å². The number of carbonyl (C=O) groups is 2. The van der Waals surface area contributed by atoms with Gasteiger partial charge in [0, 0.05) is 23.6 Å². The van der Waals surface area contributed by atoms with Gasteiger partial charge in [-0.05, 0) is 13.8 Å². The Hall–Kier alpha value is -0.460. The van der Waals surface area contributed by atoms with E-state index in [1.165, 1.54) is 0 Å². The van der Waals surface area contributed by atoms with Crippen molar-refractivity contribution < 1.29 is 14.7 Å². The molecule has 7 heteroatoms. The molecule has 1 rings (SSSR count). The number of carboxylic acid groups (broad SMARTS) is 1. The second-order valence-electron chi connectivity index (χ2n) is 4.49. The third-order valence-corrected chi connectivity index (χ3v) is 3.61. The van der Waals surface area contributed by atoms with E-state index in [4.69, 9.17) is 5.11 Å². The Bertz CT molecular complexity index is 287. The molecule has 0 saturated carbocycles. The van der Waals surface area contributed by atoms with Crippen molar-refractivity contribution in [2.24, 2.45) is 0 Å². The fraction of sp³-hybridized carbons (Fsp3) is 0.800. The van der Waals surface area contributed by atoms with E-state index in [1.807, 2.05) is 11.8 Å². The molecule has 100 valence electrons. The Morgan fingerprint density at radius 2 is 2.12 bits per heavy atom.